The summed E-state index contributed by atoms with van der Waals surface area (Å²) in [4.78, 5) is 24.2. The van der Waals surface area contributed by atoms with Crippen LogP contribution in [-0.2, 0) is 9.59 Å². The molecule has 0 aliphatic carbocycles. The highest BCUT2D eigenvalue weighted by Crippen LogP contribution is 2.26. The number of aliphatic hydroxyl groups is 1. The minimum Gasteiger partial charge on any atom is -0.507 e. The third-order valence-electron chi connectivity index (χ3n) is 3.98. The molecule has 0 aliphatic rings. The molecule has 0 saturated carbocycles. The monoisotopic (exact) mass is 401 g/mol. The fraction of sp³-hybridized carbons (Fsp3) is 0.200. The predicted octanol–water partition coefficient (Wildman–Crippen LogP) is 4.79. The summed E-state index contributed by atoms with van der Waals surface area (Å²) in [5, 5.41) is 12.7. The van der Waals surface area contributed by atoms with E-state index in [0.717, 1.165) is 28.3 Å². The summed E-state index contributed by atoms with van der Waals surface area (Å²) in [6.45, 7) is 7.66. The third-order valence-corrected chi connectivity index (χ3v) is 4.64. The molecule has 0 heterocycles. The van der Waals surface area contributed by atoms with Crippen LogP contribution in [0.15, 0.2) is 40.9 Å². The number of nitrogens with one attached hydrogen (secondary N) is 1. The summed E-state index contributed by atoms with van der Waals surface area (Å²) < 4.78 is 0.694. The van der Waals surface area contributed by atoms with Crippen molar-refractivity contribution in [1.82, 2.24) is 0 Å². The lowest BCUT2D eigenvalue weighted by molar-refractivity contribution is -0.132. The van der Waals surface area contributed by atoms with E-state index in [4.69, 9.17) is 0 Å². The molecule has 0 spiro atoms. The molecule has 2 rings (SSSR count). The molecule has 0 fully saturated rings. The van der Waals surface area contributed by atoms with E-state index in [2.05, 4.69) is 21.2 Å². The Morgan fingerprint density at radius 3 is 2.28 bits per heavy atom. The van der Waals surface area contributed by atoms with Crippen LogP contribution < -0.4 is 5.32 Å². The maximum absolute atomic E-state index is 12.1. The third kappa shape index (κ3) is 4.57. The van der Waals surface area contributed by atoms with E-state index >= 15 is 0 Å². The zero-order valence-corrected chi connectivity index (χ0v) is 16.2. The van der Waals surface area contributed by atoms with Gasteiger partial charge in [-0.3, -0.25) is 9.59 Å². The Labute approximate surface area is 155 Å². The van der Waals surface area contributed by atoms with E-state index in [1.54, 1.807) is 12.1 Å². The number of aliphatic hydroxyl groups excluding tert-OH is 1. The topological polar surface area (TPSA) is 66.4 Å². The molecule has 2 N–H and O–H groups in total. The Kier molecular flexibility index (Phi) is 5.80. The highest BCUT2D eigenvalue weighted by molar-refractivity contribution is 9.10. The van der Waals surface area contributed by atoms with Crippen LogP contribution in [0.3, 0.4) is 0 Å². The average Bonchev–Trinajstić information content (AvgIpc) is 2.52. The highest BCUT2D eigenvalue weighted by Gasteiger charge is 2.16. The van der Waals surface area contributed by atoms with Crippen molar-refractivity contribution in [3.8, 4) is 0 Å². The van der Waals surface area contributed by atoms with Gasteiger partial charge in [-0.15, -0.1) is 0 Å². The second-order valence-corrected chi connectivity index (χ2v) is 6.94. The molecule has 130 valence electrons. The van der Waals surface area contributed by atoms with Crippen molar-refractivity contribution in [3.05, 3.63) is 68.7 Å². The standard InChI is InChI=1S/C20H20BrNO3/c1-11-5-6-15(14(4)7-11)18(23)10-19(24)20(25)22-17-9-13(3)12(2)8-16(17)21/h5-10,23H,1-4H3,(H,22,25). The number of anilines is 1. The van der Waals surface area contributed by atoms with Crippen LogP contribution in [0, 0.1) is 27.7 Å². The number of rotatable bonds is 4. The van der Waals surface area contributed by atoms with Gasteiger partial charge in [-0.1, -0.05) is 23.8 Å². The number of ketones is 1. The van der Waals surface area contributed by atoms with Crippen molar-refractivity contribution in [2.24, 2.45) is 0 Å². The SMILES string of the molecule is Cc1ccc(C(O)=CC(=O)C(=O)Nc2cc(C)c(C)cc2Br)c(C)c1. The zero-order chi connectivity index (χ0) is 18.7. The summed E-state index contributed by atoms with van der Waals surface area (Å²) in [6, 6.07) is 9.12. The summed E-state index contributed by atoms with van der Waals surface area (Å²) in [6.07, 6.45) is 0.946. The number of halogens is 1. The van der Waals surface area contributed by atoms with Gasteiger partial charge in [0.05, 0.1) is 5.69 Å². The minimum absolute atomic E-state index is 0.225. The van der Waals surface area contributed by atoms with Crippen LogP contribution >= 0.6 is 15.9 Å². The molecular weight excluding hydrogens is 382 g/mol. The molecule has 1 amide bonds. The molecule has 2 aromatic carbocycles. The van der Waals surface area contributed by atoms with Crippen molar-refractivity contribution in [3.63, 3.8) is 0 Å². The first kappa shape index (κ1) is 18.9. The number of carbonyl (C=O) groups excluding carboxylic acids is 2. The normalized spacial score (nSPS) is 11.3. The van der Waals surface area contributed by atoms with Gasteiger partial charge in [0.25, 0.3) is 5.91 Å². The quantitative estimate of drug-likeness (QED) is 0.439. The second kappa shape index (κ2) is 7.66. The van der Waals surface area contributed by atoms with Gasteiger partial charge in [-0.25, -0.2) is 0 Å². The maximum atomic E-state index is 12.1. The maximum Gasteiger partial charge on any atom is 0.296 e. The fourth-order valence-corrected chi connectivity index (χ4v) is 2.99. The van der Waals surface area contributed by atoms with Crippen LogP contribution in [0.4, 0.5) is 5.69 Å². The molecule has 0 atom stereocenters. The second-order valence-electron chi connectivity index (χ2n) is 6.08. The van der Waals surface area contributed by atoms with Gasteiger partial charge >= 0.3 is 0 Å². The van der Waals surface area contributed by atoms with Gasteiger partial charge in [-0.2, -0.15) is 0 Å². The number of hydrogen-bond donors (Lipinski definition) is 2. The van der Waals surface area contributed by atoms with Crippen molar-refractivity contribution in [1.29, 1.82) is 0 Å². The van der Waals surface area contributed by atoms with Crippen LogP contribution in [0.1, 0.15) is 27.8 Å². The summed E-state index contributed by atoms with van der Waals surface area (Å²) in [5.41, 5.74) is 5.00. The predicted molar refractivity (Wildman–Crippen MR) is 104 cm³/mol. The largest absolute Gasteiger partial charge is 0.507 e. The minimum atomic E-state index is -0.817. The van der Waals surface area contributed by atoms with Crippen LogP contribution in [-0.4, -0.2) is 16.8 Å². The van der Waals surface area contributed by atoms with Gasteiger partial charge in [0.2, 0.25) is 5.78 Å². The van der Waals surface area contributed by atoms with E-state index in [9.17, 15) is 14.7 Å². The first-order valence-corrected chi connectivity index (χ1v) is 8.58. The van der Waals surface area contributed by atoms with Crippen molar-refractivity contribution in [2.75, 3.05) is 5.32 Å². The molecule has 0 bridgehead atoms. The molecule has 4 nitrogen and oxygen atoms in total. The smallest absolute Gasteiger partial charge is 0.296 e. The Bertz CT molecular complexity index is 885. The number of hydrogen-bond acceptors (Lipinski definition) is 3. The van der Waals surface area contributed by atoms with Gasteiger partial charge in [-0.05, 0) is 72.4 Å². The van der Waals surface area contributed by atoms with Crippen molar-refractivity contribution >= 4 is 39.1 Å². The van der Waals surface area contributed by atoms with Crippen LogP contribution in [0.25, 0.3) is 5.76 Å². The molecular formula is C20H20BrNO3. The summed E-state index contributed by atoms with van der Waals surface area (Å²) >= 11 is 3.37. The van der Waals surface area contributed by atoms with Crippen molar-refractivity contribution < 1.29 is 14.7 Å². The van der Waals surface area contributed by atoms with Gasteiger partial charge in [0.15, 0.2) is 0 Å². The van der Waals surface area contributed by atoms with Crippen molar-refractivity contribution in [2.45, 2.75) is 27.7 Å². The molecule has 5 heteroatoms. The summed E-state index contributed by atoms with van der Waals surface area (Å²) in [7, 11) is 0. The van der Waals surface area contributed by atoms with Crippen LogP contribution in [0.5, 0.6) is 0 Å². The van der Waals surface area contributed by atoms with E-state index in [1.807, 2.05) is 45.9 Å². The fourth-order valence-electron chi connectivity index (χ4n) is 2.43. The number of benzene rings is 2. The van der Waals surface area contributed by atoms with E-state index in [-0.39, 0.29) is 5.76 Å². The number of aryl methyl sites for hydroxylation is 4. The number of carbonyl (C=O) groups is 2. The molecule has 0 aromatic heterocycles. The Balaban J connectivity index is 2.20. The van der Waals surface area contributed by atoms with Gasteiger partial charge in [0, 0.05) is 16.1 Å². The van der Waals surface area contributed by atoms with E-state index in [1.165, 1.54) is 0 Å². The van der Waals surface area contributed by atoms with Crippen LogP contribution in [0.2, 0.25) is 0 Å². The Morgan fingerprint density at radius 1 is 1.00 bits per heavy atom. The molecule has 0 aliphatic heterocycles. The van der Waals surface area contributed by atoms with Gasteiger partial charge < -0.3 is 10.4 Å². The zero-order valence-electron chi connectivity index (χ0n) is 14.6. The molecule has 0 unspecified atom stereocenters. The van der Waals surface area contributed by atoms with E-state index < -0.39 is 11.7 Å². The Hall–Kier alpha value is -2.40. The highest BCUT2D eigenvalue weighted by atomic mass is 79.9. The lowest BCUT2D eigenvalue weighted by atomic mass is 10.0. The summed E-state index contributed by atoms with van der Waals surface area (Å²) in [5.74, 6) is -1.85. The molecule has 0 radical (unpaired) electrons. The first-order chi connectivity index (χ1) is 11.7. The van der Waals surface area contributed by atoms with Gasteiger partial charge in [0.1, 0.15) is 5.76 Å². The molecule has 2 aromatic rings. The number of amides is 1. The lowest BCUT2D eigenvalue weighted by Crippen LogP contribution is -2.21. The molecule has 0 saturated heterocycles. The average molecular weight is 402 g/mol. The molecule has 25 heavy (non-hydrogen) atoms. The first-order valence-electron chi connectivity index (χ1n) is 7.79. The van der Waals surface area contributed by atoms with E-state index in [0.29, 0.717) is 15.7 Å². The lowest BCUT2D eigenvalue weighted by Gasteiger charge is -2.09. The Morgan fingerprint density at radius 2 is 1.64 bits per heavy atom.